The predicted molar refractivity (Wildman–Crippen MR) is 107 cm³/mol. The number of aromatic nitrogens is 2. The van der Waals surface area contributed by atoms with Crippen molar-refractivity contribution in [2.75, 3.05) is 26.8 Å². The summed E-state index contributed by atoms with van der Waals surface area (Å²) in [4.78, 5) is 30.7. The quantitative estimate of drug-likeness (QED) is 0.723. The third-order valence-corrected chi connectivity index (χ3v) is 5.23. The molecule has 1 aliphatic heterocycles. The van der Waals surface area contributed by atoms with Gasteiger partial charge >= 0.3 is 5.69 Å². The normalized spacial score (nSPS) is 17.7. The van der Waals surface area contributed by atoms with Crippen LogP contribution in [0, 0.1) is 6.92 Å². The second kappa shape index (κ2) is 7.61. The van der Waals surface area contributed by atoms with E-state index in [4.69, 9.17) is 9.47 Å². The molecule has 1 fully saturated rings. The fourth-order valence-electron chi connectivity index (χ4n) is 3.66. The van der Waals surface area contributed by atoms with Crippen LogP contribution in [0.1, 0.15) is 22.9 Å². The first kappa shape index (κ1) is 18.5. The molecule has 1 aliphatic rings. The van der Waals surface area contributed by atoms with Gasteiger partial charge in [-0.25, -0.2) is 4.79 Å². The molecule has 1 atom stereocenters. The first-order chi connectivity index (χ1) is 13.5. The Morgan fingerprint density at radius 3 is 2.71 bits per heavy atom. The highest BCUT2D eigenvalue weighted by Gasteiger charge is 2.23. The number of nitrogens with one attached hydrogen (secondary N) is 2. The molecule has 1 aromatic heterocycles. The predicted octanol–water partition coefficient (Wildman–Crippen LogP) is 2.11. The Bertz CT molecular complexity index is 1120. The van der Waals surface area contributed by atoms with Crippen molar-refractivity contribution in [1.82, 2.24) is 14.9 Å². The lowest BCUT2D eigenvalue weighted by atomic mass is 10.0. The smallest absolute Gasteiger partial charge is 0.325 e. The molecule has 7 nitrogen and oxygen atoms in total. The topological polar surface area (TPSA) is 87.4 Å². The number of rotatable bonds is 4. The van der Waals surface area contributed by atoms with Crippen molar-refractivity contribution in [3.05, 3.63) is 74.1 Å². The van der Waals surface area contributed by atoms with Crippen molar-refractivity contribution in [1.29, 1.82) is 0 Å². The van der Waals surface area contributed by atoms with Gasteiger partial charge in [0.15, 0.2) is 0 Å². The minimum Gasteiger partial charge on any atom is -0.497 e. The Labute approximate surface area is 161 Å². The minimum absolute atomic E-state index is 0.0672. The maximum absolute atomic E-state index is 12.1. The van der Waals surface area contributed by atoms with Crippen LogP contribution in [-0.4, -0.2) is 41.7 Å². The largest absolute Gasteiger partial charge is 0.497 e. The molecule has 1 saturated heterocycles. The van der Waals surface area contributed by atoms with Gasteiger partial charge in [-0.2, -0.15) is 0 Å². The maximum atomic E-state index is 12.1. The fraction of sp³-hybridized carbons (Fsp3) is 0.333. The standard InChI is InChI=1S/C21H23N3O4/c1-13-18(20(25)23-21(26)22-13)11-24-7-8-28-19(12-24)16-4-3-15-10-17(27-2)6-5-14(15)9-16/h3-6,9-10,19H,7-8,11-12H2,1-2H3,(H2,22,23,25,26)/t19-/m1/s1. The summed E-state index contributed by atoms with van der Waals surface area (Å²) in [6, 6.07) is 12.3. The lowest BCUT2D eigenvalue weighted by molar-refractivity contribution is -0.0330. The van der Waals surface area contributed by atoms with E-state index in [1.807, 2.05) is 18.2 Å². The average molecular weight is 381 g/mol. The van der Waals surface area contributed by atoms with Crippen molar-refractivity contribution < 1.29 is 9.47 Å². The SMILES string of the molecule is COc1ccc2cc([C@H]3CN(Cc4c(C)[nH]c(=O)[nH]c4=O)CCO3)ccc2c1. The van der Waals surface area contributed by atoms with Gasteiger partial charge in [0.2, 0.25) is 0 Å². The van der Waals surface area contributed by atoms with E-state index in [0.717, 1.165) is 28.6 Å². The number of morpholine rings is 1. The number of aryl methyl sites for hydroxylation is 1. The Morgan fingerprint density at radius 2 is 1.93 bits per heavy atom. The lowest BCUT2D eigenvalue weighted by Gasteiger charge is -2.33. The molecule has 0 amide bonds. The first-order valence-corrected chi connectivity index (χ1v) is 9.27. The first-order valence-electron chi connectivity index (χ1n) is 9.27. The zero-order valence-electron chi connectivity index (χ0n) is 16.0. The van der Waals surface area contributed by atoms with Gasteiger partial charge in [0.05, 0.1) is 25.4 Å². The number of nitrogens with zero attached hydrogens (tertiary/aromatic N) is 1. The molecule has 7 heteroatoms. The molecule has 0 aliphatic carbocycles. The number of H-pyrrole nitrogens is 2. The molecular formula is C21H23N3O4. The van der Waals surface area contributed by atoms with Gasteiger partial charge in [0.1, 0.15) is 5.75 Å². The van der Waals surface area contributed by atoms with E-state index in [1.54, 1.807) is 14.0 Å². The van der Waals surface area contributed by atoms with Crippen LogP contribution in [0.4, 0.5) is 0 Å². The van der Waals surface area contributed by atoms with Crippen molar-refractivity contribution in [3.63, 3.8) is 0 Å². The highest BCUT2D eigenvalue weighted by Crippen LogP contribution is 2.28. The number of aromatic amines is 2. The van der Waals surface area contributed by atoms with E-state index in [2.05, 4.69) is 33.1 Å². The van der Waals surface area contributed by atoms with Crippen LogP contribution < -0.4 is 16.0 Å². The van der Waals surface area contributed by atoms with Gasteiger partial charge in [0, 0.05) is 25.3 Å². The molecule has 0 bridgehead atoms. The number of benzene rings is 2. The third-order valence-electron chi connectivity index (χ3n) is 5.23. The molecule has 0 spiro atoms. The molecule has 0 unspecified atom stereocenters. The highest BCUT2D eigenvalue weighted by atomic mass is 16.5. The van der Waals surface area contributed by atoms with Gasteiger partial charge in [-0.3, -0.25) is 14.7 Å². The summed E-state index contributed by atoms with van der Waals surface area (Å²) >= 11 is 0. The number of fused-ring (bicyclic) bond motifs is 1. The van der Waals surface area contributed by atoms with Crippen LogP contribution in [0.5, 0.6) is 5.75 Å². The van der Waals surface area contributed by atoms with Gasteiger partial charge in [-0.05, 0) is 41.5 Å². The summed E-state index contributed by atoms with van der Waals surface area (Å²) in [6.45, 7) is 4.23. The number of hydrogen-bond donors (Lipinski definition) is 2. The molecule has 146 valence electrons. The number of hydrogen-bond acceptors (Lipinski definition) is 5. The van der Waals surface area contributed by atoms with Crippen LogP contribution in [0.15, 0.2) is 46.0 Å². The zero-order chi connectivity index (χ0) is 19.7. The molecule has 2 aromatic carbocycles. The summed E-state index contributed by atoms with van der Waals surface area (Å²) in [5, 5.41) is 2.25. The molecule has 0 radical (unpaired) electrons. The minimum atomic E-state index is -0.473. The Balaban J connectivity index is 1.55. The summed E-state index contributed by atoms with van der Waals surface area (Å²) in [5.41, 5.74) is 1.50. The van der Waals surface area contributed by atoms with Crippen LogP contribution in [0.3, 0.4) is 0 Å². The van der Waals surface area contributed by atoms with E-state index in [0.29, 0.717) is 31.0 Å². The Kier molecular flexibility index (Phi) is 5.02. The van der Waals surface area contributed by atoms with Crippen LogP contribution >= 0.6 is 0 Å². The monoisotopic (exact) mass is 381 g/mol. The summed E-state index contributed by atoms with van der Waals surface area (Å²) in [6.07, 6.45) is -0.0672. The van der Waals surface area contributed by atoms with E-state index in [1.165, 1.54) is 0 Å². The molecule has 2 N–H and O–H groups in total. The molecular weight excluding hydrogens is 358 g/mol. The zero-order valence-corrected chi connectivity index (χ0v) is 16.0. The van der Waals surface area contributed by atoms with E-state index < -0.39 is 5.69 Å². The molecule has 28 heavy (non-hydrogen) atoms. The van der Waals surface area contributed by atoms with Crippen molar-refractivity contribution >= 4 is 10.8 Å². The molecule has 0 saturated carbocycles. The van der Waals surface area contributed by atoms with E-state index in [-0.39, 0.29) is 11.7 Å². The number of methoxy groups -OCH3 is 1. The van der Waals surface area contributed by atoms with Gasteiger partial charge < -0.3 is 14.5 Å². The average Bonchev–Trinajstić information content (AvgIpc) is 2.70. The lowest BCUT2D eigenvalue weighted by Crippen LogP contribution is -2.40. The summed E-state index contributed by atoms with van der Waals surface area (Å²) < 4.78 is 11.3. The molecule has 4 rings (SSSR count). The van der Waals surface area contributed by atoms with E-state index in [9.17, 15) is 9.59 Å². The summed E-state index contributed by atoms with van der Waals surface area (Å²) in [5.74, 6) is 0.835. The number of ether oxygens (including phenoxy) is 2. The fourth-order valence-corrected chi connectivity index (χ4v) is 3.66. The summed E-state index contributed by atoms with van der Waals surface area (Å²) in [7, 11) is 1.66. The van der Waals surface area contributed by atoms with Gasteiger partial charge in [-0.15, -0.1) is 0 Å². The van der Waals surface area contributed by atoms with Gasteiger partial charge in [-0.1, -0.05) is 18.2 Å². The van der Waals surface area contributed by atoms with Crippen LogP contribution in [0.25, 0.3) is 10.8 Å². The maximum Gasteiger partial charge on any atom is 0.325 e. The third kappa shape index (κ3) is 3.72. The van der Waals surface area contributed by atoms with Crippen molar-refractivity contribution in [2.45, 2.75) is 19.6 Å². The van der Waals surface area contributed by atoms with Crippen molar-refractivity contribution in [2.24, 2.45) is 0 Å². The highest BCUT2D eigenvalue weighted by molar-refractivity contribution is 5.84. The molecule has 3 aromatic rings. The second-order valence-corrected chi connectivity index (χ2v) is 7.08. The second-order valence-electron chi connectivity index (χ2n) is 7.08. The molecule has 2 heterocycles. The van der Waals surface area contributed by atoms with Crippen LogP contribution in [-0.2, 0) is 11.3 Å². The van der Waals surface area contributed by atoms with Gasteiger partial charge in [0.25, 0.3) is 5.56 Å². The van der Waals surface area contributed by atoms with Crippen LogP contribution in [0.2, 0.25) is 0 Å². The Morgan fingerprint density at radius 1 is 1.14 bits per heavy atom. The Hall–Kier alpha value is -2.90. The van der Waals surface area contributed by atoms with E-state index >= 15 is 0 Å². The van der Waals surface area contributed by atoms with Crippen molar-refractivity contribution in [3.8, 4) is 5.75 Å².